The second-order valence-electron chi connectivity index (χ2n) is 3.99. The van der Waals surface area contributed by atoms with Gasteiger partial charge in [0.1, 0.15) is 11.8 Å². The van der Waals surface area contributed by atoms with Crippen LogP contribution in [0.5, 0.6) is 0 Å². The molecule has 17 heavy (non-hydrogen) atoms. The van der Waals surface area contributed by atoms with E-state index in [0.29, 0.717) is 0 Å². The molecular formula is C13H13N3O. The molecule has 1 aromatic carbocycles. The van der Waals surface area contributed by atoms with Crippen molar-refractivity contribution in [2.24, 2.45) is 0 Å². The lowest BCUT2D eigenvalue weighted by Crippen LogP contribution is -2.22. The van der Waals surface area contributed by atoms with Crippen molar-refractivity contribution in [2.45, 2.75) is 13.0 Å². The molecule has 0 spiro atoms. The summed E-state index contributed by atoms with van der Waals surface area (Å²) in [6.07, 6.45) is 5.49. The summed E-state index contributed by atoms with van der Waals surface area (Å²) in [7, 11) is 0. The number of aromatic amines is 1. The lowest BCUT2D eigenvalue weighted by atomic mass is 10.1. The fourth-order valence-corrected chi connectivity index (χ4v) is 1.98. The molecule has 0 fully saturated rings. The van der Waals surface area contributed by atoms with E-state index >= 15 is 0 Å². The summed E-state index contributed by atoms with van der Waals surface area (Å²) in [6, 6.07) is 10.3. The summed E-state index contributed by atoms with van der Waals surface area (Å²) in [5.41, 5.74) is 1.19. The molecule has 4 nitrogen and oxygen atoms in total. The van der Waals surface area contributed by atoms with Crippen molar-refractivity contribution in [3.8, 4) is 0 Å². The molecule has 0 aliphatic carbocycles. The van der Waals surface area contributed by atoms with Gasteiger partial charge in [-0.1, -0.05) is 30.3 Å². The number of anilines is 1. The predicted molar refractivity (Wildman–Crippen MR) is 65.1 cm³/mol. The smallest absolute Gasteiger partial charge is 0.162 e. The first-order valence-electron chi connectivity index (χ1n) is 5.53. The van der Waals surface area contributed by atoms with E-state index in [1.54, 1.807) is 12.5 Å². The van der Waals surface area contributed by atoms with Crippen LogP contribution in [-0.2, 0) is 4.84 Å². The average molecular weight is 227 g/mol. The second kappa shape index (κ2) is 3.97. The molecule has 3 rings (SSSR count). The Labute approximate surface area is 99.5 Å². The molecule has 0 bridgehead atoms. The van der Waals surface area contributed by atoms with Crippen LogP contribution in [0.2, 0.25) is 0 Å². The van der Waals surface area contributed by atoms with Gasteiger partial charge in [0, 0.05) is 0 Å². The fourth-order valence-electron chi connectivity index (χ4n) is 1.98. The van der Waals surface area contributed by atoms with E-state index in [2.05, 4.69) is 28.2 Å². The minimum atomic E-state index is 0.0941. The van der Waals surface area contributed by atoms with Gasteiger partial charge < -0.3 is 9.82 Å². The molecule has 0 saturated heterocycles. The van der Waals surface area contributed by atoms with E-state index < -0.39 is 0 Å². The normalized spacial score (nSPS) is 19.0. The van der Waals surface area contributed by atoms with Crippen molar-refractivity contribution in [2.75, 3.05) is 5.06 Å². The first-order valence-corrected chi connectivity index (χ1v) is 5.53. The maximum atomic E-state index is 5.70. The highest BCUT2D eigenvalue weighted by atomic mass is 16.7. The predicted octanol–water partition coefficient (Wildman–Crippen LogP) is 2.81. The van der Waals surface area contributed by atoms with Crippen LogP contribution in [0.1, 0.15) is 18.5 Å². The third-order valence-electron chi connectivity index (χ3n) is 2.75. The minimum absolute atomic E-state index is 0.0941. The SMILES string of the molecule is CC1=CC(c2ccccc2)N(c2cnc[nH]2)O1. The van der Waals surface area contributed by atoms with E-state index in [0.717, 1.165) is 11.6 Å². The van der Waals surface area contributed by atoms with Crippen LogP contribution in [0, 0.1) is 0 Å². The number of hydrogen-bond acceptors (Lipinski definition) is 3. The molecule has 2 aromatic rings. The summed E-state index contributed by atoms with van der Waals surface area (Å²) < 4.78 is 0. The van der Waals surface area contributed by atoms with E-state index in [1.807, 2.05) is 30.2 Å². The Balaban J connectivity index is 1.96. The Morgan fingerprint density at radius 3 is 2.82 bits per heavy atom. The monoisotopic (exact) mass is 227 g/mol. The largest absolute Gasteiger partial charge is 0.382 e. The molecule has 1 aliphatic rings. The van der Waals surface area contributed by atoms with Crippen LogP contribution >= 0.6 is 0 Å². The van der Waals surface area contributed by atoms with Gasteiger partial charge in [-0.2, -0.15) is 5.06 Å². The molecule has 0 amide bonds. The van der Waals surface area contributed by atoms with Crippen LogP contribution in [0.4, 0.5) is 5.82 Å². The Morgan fingerprint density at radius 1 is 1.29 bits per heavy atom. The Kier molecular flexibility index (Phi) is 2.33. The van der Waals surface area contributed by atoms with E-state index in [1.165, 1.54) is 5.56 Å². The number of rotatable bonds is 2. The zero-order chi connectivity index (χ0) is 11.7. The highest BCUT2D eigenvalue weighted by molar-refractivity contribution is 5.42. The number of nitrogens with one attached hydrogen (secondary N) is 1. The Bertz CT molecular complexity index is 519. The lowest BCUT2D eigenvalue weighted by Gasteiger charge is -2.23. The molecule has 1 aliphatic heterocycles. The van der Waals surface area contributed by atoms with Crippen molar-refractivity contribution in [3.63, 3.8) is 0 Å². The number of allylic oxidation sites excluding steroid dienone is 1. The molecule has 1 aromatic heterocycles. The van der Waals surface area contributed by atoms with Crippen LogP contribution in [0.15, 0.2) is 54.7 Å². The third-order valence-corrected chi connectivity index (χ3v) is 2.75. The minimum Gasteiger partial charge on any atom is -0.382 e. The molecule has 4 heteroatoms. The molecule has 0 radical (unpaired) electrons. The van der Waals surface area contributed by atoms with Gasteiger partial charge in [-0.25, -0.2) is 4.98 Å². The van der Waals surface area contributed by atoms with Gasteiger partial charge in [-0.3, -0.25) is 0 Å². The van der Waals surface area contributed by atoms with Crippen molar-refractivity contribution >= 4 is 5.82 Å². The number of aromatic nitrogens is 2. The van der Waals surface area contributed by atoms with Gasteiger partial charge in [0.15, 0.2) is 5.82 Å². The maximum Gasteiger partial charge on any atom is 0.162 e. The van der Waals surface area contributed by atoms with Crippen molar-refractivity contribution in [1.82, 2.24) is 9.97 Å². The summed E-state index contributed by atoms with van der Waals surface area (Å²) in [6.45, 7) is 1.95. The van der Waals surface area contributed by atoms with Crippen molar-refractivity contribution in [1.29, 1.82) is 0 Å². The van der Waals surface area contributed by atoms with Gasteiger partial charge in [-0.15, -0.1) is 0 Å². The number of hydroxylamine groups is 1. The number of nitrogens with zero attached hydrogens (tertiary/aromatic N) is 2. The lowest BCUT2D eigenvalue weighted by molar-refractivity contribution is 0.193. The number of H-pyrrole nitrogens is 1. The Hall–Kier alpha value is -2.23. The van der Waals surface area contributed by atoms with Crippen molar-refractivity contribution < 1.29 is 4.84 Å². The zero-order valence-corrected chi connectivity index (χ0v) is 9.50. The van der Waals surface area contributed by atoms with Gasteiger partial charge in [0.25, 0.3) is 0 Å². The molecule has 1 atom stereocenters. The van der Waals surface area contributed by atoms with Gasteiger partial charge in [0.2, 0.25) is 0 Å². The first kappa shape index (κ1) is 9.96. The molecular weight excluding hydrogens is 214 g/mol. The summed E-state index contributed by atoms with van der Waals surface area (Å²) in [5, 5.41) is 1.83. The summed E-state index contributed by atoms with van der Waals surface area (Å²) >= 11 is 0. The number of imidazole rings is 1. The summed E-state index contributed by atoms with van der Waals surface area (Å²) in [5.74, 6) is 1.75. The van der Waals surface area contributed by atoms with Gasteiger partial charge in [0.05, 0.1) is 12.5 Å². The van der Waals surface area contributed by atoms with E-state index in [4.69, 9.17) is 4.84 Å². The number of hydrogen-bond donors (Lipinski definition) is 1. The average Bonchev–Trinajstić information content (AvgIpc) is 2.98. The van der Waals surface area contributed by atoms with Gasteiger partial charge >= 0.3 is 0 Å². The topological polar surface area (TPSA) is 41.2 Å². The molecule has 1 unspecified atom stereocenters. The molecule has 86 valence electrons. The van der Waals surface area contributed by atoms with Crippen LogP contribution in [0.25, 0.3) is 0 Å². The summed E-state index contributed by atoms with van der Waals surface area (Å²) in [4.78, 5) is 12.8. The highest BCUT2D eigenvalue weighted by Crippen LogP contribution is 2.34. The number of benzene rings is 1. The standard InChI is InChI=1S/C13H13N3O/c1-10-7-12(11-5-3-2-4-6-11)16(17-10)13-8-14-9-15-13/h2-9,12H,1H3,(H,14,15). The first-order chi connectivity index (χ1) is 8.34. The van der Waals surface area contributed by atoms with Crippen LogP contribution in [0.3, 0.4) is 0 Å². The fraction of sp³-hybridized carbons (Fsp3) is 0.154. The maximum absolute atomic E-state index is 5.70. The third kappa shape index (κ3) is 1.78. The van der Waals surface area contributed by atoms with E-state index in [9.17, 15) is 0 Å². The van der Waals surface area contributed by atoms with Gasteiger partial charge in [-0.05, 0) is 18.6 Å². The molecule has 2 heterocycles. The molecule has 1 N–H and O–H groups in total. The second-order valence-corrected chi connectivity index (χ2v) is 3.99. The quantitative estimate of drug-likeness (QED) is 0.857. The van der Waals surface area contributed by atoms with Crippen LogP contribution in [-0.4, -0.2) is 9.97 Å². The van der Waals surface area contributed by atoms with Crippen LogP contribution < -0.4 is 5.06 Å². The van der Waals surface area contributed by atoms with Crippen molar-refractivity contribution in [3.05, 3.63) is 60.3 Å². The van der Waals surface area contributed by atoms with E-state index in [-0.39, 0.29) is 6.04 Å². The Morgan fingerprint density at radius 2 is 2.12 bits per heavy atom. The zero-order valence-electron chi connectivity index (χ0n) is 9.50. The molecule has 0 saturated carbocycles. The highest BCUT2D eigenvalue weighted by Gasteiger charge is 2.27.